The van der Waals surface area contributed by atoms with Crippen LogP contribution in [-0.4, -0.2) is 28.2 Å². The highest BCUT2D eigenvalue weighted by atomic mass is 35.5. The molecule has 0 spiro atoms. The molecule has 1 aliphatic carbocycles. The van der Waals surface area contributed by atoms with Crippen LogP contribution in [0.5, 0.6) is 0 Å². The Morgan fingerprint density at radius 2 is 2.14 bits per heavy atom. The van der Waals surface area contributed by atoms with Crippen LogP contribution in [0.4, 0.5) is 0 Å². The average Bonchev–Trinajstić information content (AvgIpc) is 3.26. The molecule has 5 nitrogen and oxygen atoms in total. The van der Waals surface area contributed by atoms with E-state index in [1.807, 2.05) is 19.1 Å². The predicted molar refractivity (Wildman–Crippen MR) is 86.7 cm³/mol. The van der Waals surface area contributed by atoms with E-state index in [9.17, 15) is 4.79 Å². The molecule has 6 heteroatoms. The third kappa shape index (κ3) is 3.00. The lowest BCUT2D eigenvalue weighted by atomic mass is 9.96. The predicted octanol–water partition coefficient (Wildman–Crippen LogP) is 2.59. The third-order valence-electron chi connectivity index (χ3n) is 4.26. The molecule has 1 heterocycles. The van der Waals surface area contributed by atoms with Crippen LogP contribution in [0.1, 0.15) is 30.3 Å². The number of carbonyl (C=O) groups excluding carboxylic acids is 1. The molecule has 0 bridgehead atoms. The SMILES string of the molecule is CC(CN)(NC(=O)c1cc(-c2ccc(Cl)cc2)n[nH]1)C1CC1. The van der Waals surface area contributed by atoms with Crippen LogP contribution in [0.25, 0.3) is 11.3 Å². The maximum atomic E-state index is 12.4. The Bertz CT molecular complexity index is 678. The van der Waals surface area contributed by atoms with Crippen molar-refractivity contribution in [1.82, 2.24) is 15.5 Å². The van der Waals surface area contributed by atoms with E-state index in [1.54, 1.807) is 18.2 Å². The fraction of sp³-hybridized carbons (Fsp3) is 0.375. The molecule has 0 aliphatic heterocycles. The Hall–Kier alpha value is -1.85. The first-order chi connectivity index (χ1) is 10.5. The largest absolute Gasteiger partial charge is 0.344 e. The first kappa shape index (κ1) is 15.1. The lowest BCUT2D eigenvalue weighted by Gasteiger charge is -2.29. The van der Waals surface area contributed by atoms with Gasteiger partial charge in [0, 0.05) is 17.1 Å². The van der Waals surface area contributed by atoms with E-state index in [0.29, 0.717) is 28.9 Å². The summed E-state index contributed by atoms with van der Waals surface area (Å²) >= 11 is 5.87. The number of halogens is 1. The summed E-state index contributed by atoms with van der Waals surface area (Å²) in [5.74, 6) is 0.299. The molecular formula is C16H19ClN4O. The second-order valence-corrected chi connectivity index (χ2v) is 6.46. The van der Waals surface area contributed by atoms with Crippen LogP contribution < -0.4 is 11.1 Å². The fourth-order valence-electron chi connectivity index (χ4n) is 2.57. The smallest absolute Gasteiger partial charge is 0.269 e. The van der Waals surface area contributed by atoms with Gasteiger partial charge in [-0.3, -0.25) is 9.89 Å². The van der Waals surface area contributed by atoms with Crippen molar-refractivity contribution in [2.24, 2.45) is 11.7 Å². The van der Waals surface area contributed by atoms with Crippen molar-refractivity contribution in [2.75, 3.05) is 6.54 Å². The zero-order valence-electron chi connectivity index (χ0n) is 12.4. The summed E-state index contributed by atoms with van der Waals surface area (Å²) < 4.78 is 0. The summed E-state index contributed by atoms with van der Waals surface area (Å²) in [5, 5.41) is 10.7. The maximum Gasteiger partial charge on any atom is 0.269 e. The number of nitrogens with one attached hydrogen (secondary N) is 2. The number of aromatic nitrogens is 2. The van der Waals surface area contributed by atoms with Crippen LogP contribution in [0.15, 0.2) is 30.3 Å². The van der Waals surface area contributed by atoms with Crippen LogP contribution in [0, 0.1) is 5.92 Å². The van der Waals surface area contributed by atoms with E-state index in [0.717, 1.165) is 18.4 Å². The topological polar surface area (TPSA) is 83.8 Å². The van der Waals surface area contributed by atoms with Gasteiger partial charge in [0.05, 0.1) is 11.2 Å². The number of nitrogens with two attached hydrogens (primary N) is 1. The zero-order chi connectivity index (χ0) is 15.7. The molecule has 0 radical (unpaired) electrons. The molecule has 1 atom stereocenters. The van der Waals surface area contributed by atoms with Gasteiger partial charge in [-0.15, -0.1) is 0 Å². The summed E-state index contributed by atoms with van der Waals surface area (Å²) in [4.78, 5) is 12.4. The van der Waals surface area contributed by atoms with Crippen molar-refractivity contribution in [1.29, 1.82) is 0 Å². The number of rotatable bonds is 5. The van der Waals surface area contributed by atoms with E-state index < -0.39 is 0 Å². The highest BCUT2D eigenvalue weighted by Crippen LogP contribution is 2.39. The summed E-state index contributed by atoms with van der Waals surface area (Å²) in [7, 11) is 0. The lowest BCUT2D eigenvalue weighted by Crippen LogP contribution is -2.53. The molecule has 2 aromatic rings. The molecule has 1 aromatic heterocycles. The van der Waals surface area contributed by atoms with Crippen molar-refractivity contribution in [2.45, 2.75) is 25.3 Å². The summed E-state index contributed by atoms with van der Waals surface area (Å²) in [6.45, 7) is 2.43. The Balaban J connectivity index is 1.75. The Morgan fingerprint density at radius 3 is 2.73 bits per heavy atom. The monoisotopic (exact) mass is 318 g/mol. The van der Waals surface area contributed by atoms with Crippen molar-refractivity contribution >= 4 is 17.5 Å². The number of amides is 1. The van der Waals surface area contributed by atoms with Gasteiger partial charge >= 0.3 is 0 Å². The first-order valence-electron chi connectivity index (χ1n) is 7.36. The van der Waals surface area contributed by atoms with Crippen molar-refractivity contribution in [3.63, 3.8) is 0 Å². The minimum Gasteiger partial charge on any atom is -0.344 e. The highest BCUT2D eigenvalue weighted by Gasteiger charge is 2.41. The van der Waals surface area contributed by atoms with Gasteiger partial charge in [0.15, 0.2) is 0 Å². The van der Waals surface area contributed by atoms with E-state index in [2.05, 4.69) is 15.5 Å². The molecular weight excluding hydrogens is 300 g/mol. The molecule has 0 saturated heterocycles. The van der Waals surface area contributed by atoms with Crippen LogP contribution >= 0.6 is 11.6 Å². The normalized spacial score (nSPS) is 17.0. The Morgan fingerprint density at radius 1 is 1.45 bits per heavy atom. The number of hydrogen-bond acceptors (Lipinski definition) is 3. The first-order valence-corrected chi connectivity index (χ1v) is 7.73. The van der Waals surface area contributed by atoms with E-state index in [1.165, 1.54) is 0 Å². The summed E-state index contributed by atoms with van der Waals surface area (Å²) in [5.41, 5.74) is 7.54. The quantitative estimate of drug-likeness (QED) is 0.792. The number of benzene rings is 1. The lowest BCUT2D eigenvalue weighted by molar-refractivity contribution is 0.0892. The molecule has 22 heavy (non-hydrogen) atoms. The van der Waals surface area contributed by atoms with Gasteiger partial charge in [-0.2, -0.15) is 5.10 Å². The van der Waals surface area contributed by atoms with Gasteiger partial charge in [0.1, 0.15) is 5.69 Å². The van der Waals surface area contributed by atoms with Gasteiger partial charge in [-0.1, -0.05) is 23.7 Å². The third-order valence-corrected chi connectivity index (χ3v) is 4.52. The van der Waals surface area contributed by atoms with Crippen molar-refractivity contribution < 1.29 is 4.79 Å². The van der Waals surface area contributed by atoms with Crippen molar-refractivity contribution in [3.8, 4) is 11.3 Å². The van der Waals surface area contributed by atoms with Crippen molar-refractivity contribution in [3.05, 3.63) is 41.0 Å². The average molecular weight is 319 g/mol. The van der Waals surface area contributed by atoms with E-state index >= 15 is 0 Å². The molecule has 4 N–H and O–H groups in total. The minimum absolute atomic E-state index is 0.174. The molecule has 1 fully saturated rings. The molecule has 1 aromatic carbocycles. The van der Waals surface area contributed by atoms with Gasteiger partial charge in [-0.25, -0.2) is 0 Å². The summed E-state index contributed by atoms with van der Waals surface area (Å²) in [6.07, 6.45) is 2.24. The van der Waals surface area contributed by atoms with Gasteiger partial charge in [0.2, 0.25) is 0 Å². The molecule has 1 amide bonds. The number of nitrogens with zero attached hydrogens (tertiary/aromatic N) is 1. The number of carbonyl (C=O) groups is 1. The second kappa shape index (κ2) is 5.74. The molecule has 1 unspecified atom stereocenters. The number of aromatic amines is 1. The Kier molecular flexibility index (Phi) is 3.93. The van der Waals surface area contributed by atoms with E-state index in [-0.39, 0.29) is 11.4 Å². The standard InChI is InChI=1S/C16H19ClN4O/c1-16(9-18,11-4-5-11)19-15(22)14-8-13(20-21-14)10-2-6-12(17)7-3-10/h2-3,6-8,11H,4-5,9,18H2,1H3,(H,19,22)(H,20,21). The van der Waals surface area contributed by atoms with Crippen LogP contribution in [0.3, 0.4) is 0 Å². The Labute approximate surface area is 134 Å². The van der Waals surface area contributed by atoms with Gasteiger partial charge in [0.25, 0.3) is 5.91 Å². The zero-order valence-corrected chi connectivity index (χ0v) is 13.2. The highest BCUT2D eigenvalue weighted by molar-refractivity contribution is 6.30. The molecule has 116 valence electrons. The fourth-order valence-corrected chi connectivity index (χ4v) is 2.70. The van der Waals surface area contributed by atoms with E-state index in [4.69, 9.17) is 17.3 Å². The molecule has 3 rings (SSSR count). The van der Waals surface area contributed by atoms with Crippen LogP contribution in [-0.2, 0) is 0 Å². The van der Waals surface area contributed by atoms with Gasteiger partial charge < -0.3 is 11.1 Å². The van der Waals surface area contributed by atoms with Gasteiger partial charge in [-0.05, 0) is 43.9 Å². The van der Waals surface area contributed by atoms with Crippen LogP contribution in [0.2, 0.25) is 5.02 Å². The summed E-state index contributed by atoms with van der Waals surface area (Å²) in [6, 6.07) is 9.07. The number of hydrogen-bond donors (Lipinski definition) is 3. The maximum absolute atomic E-state index is 12.4. The second-order valence-electron chi connectivity index (χ2n) is 6.02. The molecule has 1 saturated carbocycles. The number of H-pyrrole nitrogens is 1. The minimum atomic E-state index is -0.345. The molecule has 1 aliphatic rings.